The second-order valence-electron chi connectivity index (χ2n) is 2.06. The molecule has 0 saturated carbocycles. The van der Waals surface area contributed by atoms with Crippen LogP contribution in [0.25, 0.3) is 0 Å². The summed E-state index contributed by atoms with van der Waals surface area (Å²) in [4.78, 5) is 17.9. The first-order valence-corrected chi connectivity index (χ1v) is 3.16. The molecule has 0 amide bonds. The Bertz CT molecular complexity index is 235. The molecule has 11 heavy (non-hydrogen) atoms. The van der Waals surface area contributed by atoms with Crippen LogP contribution in [0.5, 0.6) is 5.75 Å². The molecule has 0 atom stereocenters. The zero-order valence-corrected chi connectivity index (χ0v) is 6.15. The molecular weight excluding hydrogens is 144 g/mol. The van der Waals surface area contributed by atoms with Gasteiger partial charge in [-0.05, 0) is 6.92 Å². The third kappa shape index (κ3) is 2.75. The highest BCUT2D eigenvalue weighted by atomic mass is 16.5. The number of hydrogen-bond donors (Lipinski definition) is 0. The van der Waals surface area contributed by atoms with Gasteiger partial charge >= 0.3 is 0 Å². The average Bonchev–Trinajstić information content (AvgIpc) is 2.03. The quantitative estimate of drug-likeness (QED) is 0.630. The Hall–Kier alpha value is -1.45. The number of Topliss-reactive ketones (excluding diaryl/α,β-unsaturated/α-hetero) is 1. The SMILES string of the molecule is CC(=O)COc1cncnc1. The van der Waals surface area contributed by atoms with E-state index in [1.54, 1.807) is 0 Å². The van der Waals surface area contributed by atoms with E-state index in [4.69, 9.17) is 4.74 Å². The van der Waals surface area contributed by atoms with E-state index in [1.165, 1.54) is 25.6 Å². The van der Waals surface area contributed by atoms with E-state index in [0.717, 1.165) is 0 Å². The van der Waals surface area contributed by atoms with Crippen molar-refractivity contribution >= 4 is 5.78 Å². The number of ketones is 1. The summed E-state index contributed by atoms with van der Waals surface area (Å²) in [5, 5.41) is 0. The van der Waals surface area contributed by atoms with Crippen molar-refractivity contribution in [3.63, 3.8) is 0 Å². The number of ether oxygens (including phenoxy) is 1. The normalized spacial score (nSPS) is 9.18. The fraction of sp³-hybridized carbons (Fsp3) is 0.286. The molecule has 1 aromatic heterocycles. The summed E-state index contributed by atoms with van der Waals surface area (Å²) in [5.74, 6) is 0.497. The van der Waals surface area contributed by atoms with Gasteiger partial charge in [-0.3, -0.25) is 4.79 Å². The van der Waals surface area contributed by atoms with Crippen molar-refractivity contribution in [2.75, 3.05) is 6.61 Å². The summed E-state index contributed by atoms with van der Waals surface area (Å²) in [7, 11) is 0. The number of carbonyl (C=O) groups excluding carboxylic acids is 1. The summed E-state index contributed by atoms with van der Waals surface area (Å²) in [5.41, 5.74) is 0. The van der Waals surface area contributed by atoms with Crippen molar-refractivity contribution in [1.82, 2.24) is 9.97 Å². The number of aromatic nitrogens is 2. The number of rotatable bonds is 3. The Morgan fingerprint density at radius 3 is 2.73 bits per heavy atom. The van der Waals surface area contributed by atoms with Gasteiger partial charge in [-0.1, -0.05) is 0 Å². The predicted molar refractivity (Wildman–Crippen MR) is 38.2 cm³/mol. The second-order valence-corrected chi connectivity index (χ2v) is 2.06. The molecule has 4 nitrogen and oxygen atoms in total. The average molecular weight is 152 g/mol. The maximum atomic E-state index is 10.5. The molecule has 0 aliphatic carbocycles. The maximum Gasteiger partial charge on any atom is 0.167 e. The van der Waals surface area contributed by atoms with Crippen molar-refractivity contribution in [2.24, 2.45) is 0 Å². The van der Waals surface area contributed by atoms with Crippen LogP contribution in [-0.2, 0) is 4.79 Å². The lowest BCUT2D eigenvalue weighted by molar-refractivity contribution is -0.118. The van der Waals surface area contributed by atoms with Crippen LogP contribution in [-0.4, -0.2) is 22.4 Å². The van der Waals surface area contributed by atoms with Crippen molar-refractivity contribution in [3.8, 4) is 5.75 Å². The molecule has 0 spiro atoms. The van der Waals surface area contributed by atoms with Crippen molar-refractivity contribution in [1.29, 1.82) is 0 Å². The van der Waals surface area contributed by atoms with E-state index in [9.17, 15) is 4.79 Å². The van der Waals surface area contributed by atoms with Gasteiger partial charge in [-0.25, -0.2) is 9.97 Å². The first-order chi connectivity index (χ1) is 5.29. The van der Waals surface area contributed by atoms with Crippen molar-refractivity contribution in [2.45, 2.75) is 6.92 Å². The minimum Gasteiger partial charge on any atom is -0.483 e. The highest BCUT2D eigenvalue weighted by Gasteiger charge is 1.94. The molecular formula is C7H8N2O2. The van der Waals surface area contributed by atoms with Crippen molar-refractivity contribution < 1.29 is 9.53 Å². The maximum absolute atomic E-state index is 10.5. The van der Waals surface area contributed by atoms with Gasteiger partial charge < -0.3 is 4.74 Å². The summed E-state index contributed by atoms with van der Waals surface area (Å²) in [6, 6.07) is 0. The lowest BCUT2D eigenvalue weighted by atomic mass is 10.5. The van der Waals surface area contributed by atoms with Gasteiger partial charge in [0, 0.05) is 0 Å². The lowest BCUT2D eigenvalue weighted by Crippen LogP contribution is -2.06. The third-order valence-electron chi connectivity index (χ3n) is 0.979. The highest BCUT2D eigenvalue weighted by Crippen LogP contribution is 2.02. The van der Waals surface area contributed by atoms with Gasteiger partial charge in [-0.15, -0.1) is 0 Å². The lowest BCUT2D eigenvalue weighted by Gasteiger charge is -1.99. The Labute approximate surface area is 64.2 Å². The van der Waals surface area contributed by atoms with Crippen LogP contribution >= 0.6 is 0 Å². The van der Waals surface area contributed by atoms with Crippen LogP contribution < -0.4 is 4.74 Å². The number of nitrogens with zero attached hydrogens (tertiary/aromatic N) is 2. The summed E-state index contributed by atoms with van der Waals surface area (Å²) >= 11 is 0. The van der Waals surface area contributed by atoms with E-state index < -0.39 is 0 Å². The van der Waals surface area contributed by atoms with Crippen LogP contribution in [0.2, 0.25) is 0 Å². The van der Waals surface area contributed by atoms with Gasteiger partial charge in [-0.2, -0.15) is 0 Å². The minimum absolute atomic E-state index is 0.0196. The van der Waals surface area contributed by atoms with Crippen LogP contribution in [0.3, 0.4) is 0 Å². The van der Waals surface area contributed by atoms with Crippen LogP contribution in [0.1, 0.15) is 6.92 Å². The smallest absolute Gasteiger partial charge is 0.167 e. The fourth-order valence-electron chi connectivity index (χ4n) is 0.545. The molecule has 1 heterocycles. The standard InChI is InChI=1S/C7H8N2O2/c1-6(10)4-11-7-2-8-5-9-3-7/h2-3,5H,4H2,1H3. The zero-order valence-electron chi connectivity index (χ0n) is 6.15. The van der Waals surface area contributed by atoms with E-state index >= 15 is 0 Å². The Kier molecular flexibility index (Phi) is 2.54. The molecule has 1 aromatic rings. The monoisotopic (exact) mass is 152 g/mol. The Morgan fingerprint density at radius 1 is 1.55 bits per heavy atom. The summed E-state index contributed by atoms with van der Waals surface area (Å²) in [6.45, 7) is 1.54. The van der Waals surface area contributed by atoms with E-state index in [1.807, 2.05) is 0 Å². The van der Waals surface area contributed by atoms with Gasteiger partial charge in [0.2, 0.25) is 0 Å². The molecule has 0 saturated heterocycles. The molecule has 0 aliphatic heterocycles. The van der Waals surface area contributed by atoms with E-state index in [-0.39, 0.29) is 12.4 Å². The molecule has 0 aliphatic rings. The minimum atomic E-state index is -0.0196. The molecule has 0 bridgehead atoms. The number of carbonyl (C=O) groups is 1. The predicted octanol–water partition coefficient (Wildman–Crippen LogP) is 0.444. The van der Waals surface area contributed by atoms with Crippen LogP contribution in [0, 0.1) is 0 Å². The van der Waals surface area contributed by atoms with Gasteiger partial charge in [0.1, 0.15) is 12.9 Å². The number of hydrogen-bond acceptors (Lipinski definition) is 4. The Morgan fingerprint density at radius 2 is 2.18 bits per heavy atom. The second kappa shape index (κ2) is 3.65. The van der Waals surface area contributed by atoms with Crippen LogP contribution in [0.4, 0.5) is 0 Å². The van der Waals surface area contributed by atoms with E-state index in [0.29, 0.717) is 5.75 Å². The topological polar surface area (TPSA) is 52.1 Å². The molecule has 0 radical (unpaired) electrons. The van der Waals surface area contributed by atoms with Crippen molar-refractivity contribution in [3.05, 3.63) is 18.7 Å². The highest BCUT2D eigenvalue weighted by molar-refractivity contribution is 5.77. The van der Waals surface area contributed by atoms with Gasteiger partial charge in [0.05, 0.1) is 12.4 Å². The molecule has 0 aromatic carbocycles. The summed E-state index contributed by atoms with van der Waals surface area (Å²) < 4.78 is 4.99. The molecule has 0 unspecified atom stereocenters. The first kappa shape index (κ1) is 7.65. The van der Waals surface area contributed by atoms with Gasteiger partial charge in [0.25, 0.3) is 0 Å². The van der Waals surface area contributed by atoms with Crippen LogP contribution in [0.15, 0.2) is 18.7 Å². The molecule has 4 heteroatoms. The fourth-order valence-corrected chi connectivity index (χ4v) is 0.545. The molecule has 58 valence electrons. The Balaban J connectivity index is 2.45. The molecule has 0 N–H and O–H groups in total. The summed E-state index contributed by atoms with van der Waals surface area (Å²) in [6.07, 6.45) is 4.42. The third-order valence-corrected chi connectivity index (χ3v) is 0.979. The molecule has 1 rings (SSSR count). The molecule has 0 fully saturated rings. The largest absolute Gasteiger partial charge is 0.483 e. The van der Waals surface area contributed by atoms with E-state index in [2.05, 4.69) is 9.97 Å². The zero-order chi connectivity index (χ0) is 8.10. The van der Waals surface area contributed by atoms with Gasteiger partial charge in [0.15, 0.2) is 11.5 Å². The first-order valence-electron chi connectivity index (χ1n) is 3.16.